The maximum Gasteiger partial charge on any atom is 0.248 e. The minimum atomic E-state index is -0.365. The summed E-state index contributed by atoms with van der Waals surface area (Å²) in [6, 6.07) is 7.60. The Morgan fingerprint density at radius 3 is 2.50 bits per heavy atom. The van der Waals surface area contributed by atoms with E-state index in [4.69, 9.17) is 0 Å². The Bertz CT molecular complexity index is 1060. The number of carbonyl (C=O) groups excluding carboxylic acids is 2. The molecule has 2 N–H and O–H groups in total. The summed E-state index contributed by atoms with van der Waals surface area (Å²) in [6.07, 6.45) is 6.02. The molecule has 3 aromatic rings. The summed E-state index contributed by atoms with van der Waals surface area (Å²) in [5.41, 5.74) is 2.33. The number of thiazole rings is 1. The average Bonchev–Trinajstić information content (AvgIpc) is 3.22. The van der Waals surface area contributed by atoms with E-state index in [0.29, 0.717) is 22.6 Å². The molecule has 0 saturated heterocycles. The average molecular weight is 422 g/mol. The van der Waals surface area contributed by atoms with Gasteiger partial charge in [-0.05, 0) is 30.5 Å². The lowest BCUT2D eigenvalue weighted by atomic mass is 9.97. The van der Waals surface area contributed by atoms with Gasteiger partial charge in [-0.15, -0.1) is 11.3 Å². The van der Waals surface area contributed by atoms with Crippen molar-refractivity contribution in [3.63, 3.8) is 0 Å². The second-order valence-corrected chi connectivity index (χ2v) is 8.10. The van der Waals surface area contributed by atoms with Crippen molar-refractivity contribution in [1.82, 2.24) is 15.0 Å². The number of benzene rings is 1. The van der Waals surface area contributed by atoms with Crippen LogP contribution in [-0.2, 0) is 9.59 Å². The van der Waals surface area contributed by atoms with Crippen molar-refractivity contribution in [2.24, 2.45) is 0 Å². The molecule has 2 heterocycles. The SMILES string of the molecule is C=CC(=O)Nc1cnc(-c2cccc([C@H](C)C(=O)Nc3ncc(C(C)C)s3)c2)cn1. The molecule has 154 valence electrons. The van der Waals surface area contributed by atoms with Crippen LogP contribution in [0.3, 0.4) is 0 Å². The zero-order valence-corrected chi connectivity index (χ0v) is 17.9. The van der Waals surface area contributed by atoms with Gasteiger partial charge >= 0.3 is 0 Å². The topological polar surface area (TPSA) is 96.9 Å². The molecule has 3 rings (SSSR count). The molecule has 0 unspecified atom stereocenters. The molecule has 0 saturated carbocycles. The number of nitrogens with one attached hydrogen (secondary N) is 2. The predicted molar refractivity (Wildman–Crippen MR) is 120 cm³/mol. The van der Waals surface area contributed by atoms with Gasteiger partial charge in [-0.2, -0.15) is 0 Å². The lowest BCUT2D eigenvalue weighted by Gasteiger charge is -2.12. The van der Waals surface area contributed by atoms with E-state index in [-0.39, 0.29) is 17.7 Å². The van der Waals surface area contributed by atoms with Crippen molar-refractivity contribution in [2.75, 3.05) is 10.6 Å². The Morgan fingerprint density at radius 2 is 1.87 bits per heavy atom. The van der Waals surface area contributed by atoms with Crippen LogP contribution < -0.4 is 10.6 Å². The van der Waals surface area contributed by atoms with Crippen molar-refractivity contribution in [3.8, 4) is 11.3 Å². The summed E-state index contributed by atoms with van der Waals surface area (Å²) in [5.74, 6) is -0.114. The fourth-order valence-corrected chi connectivity index (χ4v) is 3.48. The Morgan fingerprint density at radius 1 is 1.07 bits per heavy atom. The molecule has 0 spiro atoms. The van der Waals surface area contributed by atoms with E-state index in [1.54, 1.807) is 12.4 Å². The monoisotopic (exact) mass is 421 g/mol. The molecule has 0 bridgehead atoms. The van der Waals surface area contributed by atoms with Gasteiger partial charge in [-0.3, -0.25) is 14.6 Å². The van der Waals surface area contributed by atoms with Crippen molar-refractivity contribution in [3.05, 3.63) is 66.0 Å². The Balaban J connectivity index is 1.72. The van der Waals surface area contributed by atoms with Crippen molar-refractivity contribution >= 4 is 34.1 Å². The van der Waals surface area contributed by atoms with E-state index in [9.17, 15) is 9.59 Å². The van der Waals surface area contributed by atoms with Gasteiger partial charge in [-0.25, -0.2) is 9.97 Å². The van der Waals surface area contributed by atoms with Crippen molar-refractivity contribution < 1.29 is 9.59 Å². The van der Waals surface area contributed by atoms with Crippen molar-refractivity contribution in [1.29, 1.82) is 0 Å². The molecule has 2 aromatic heterocycles. The molecule has 1 atom stereocenters. The number of nitrogens with zero attached hydrogens (tertiary/aromatic N) is 3. The van der Waals surface area contributed by atoms with Crippen LogP contribution in [0.25, 0.3) is 11.3 Å². The molecule has 0 fully saturated rings. The summed E-state index contributed by atoms with van der Waals surface area (Å²) in [6.45, 7) is 9.44. The van der Waals surface area contributed by atoms with Crippen LogP contribution in [0.4, 0.5) is 10.9 Å². The van der Waals surface area contributed by atoms with Crippen LogP contribution in [-0.4, -0.2) is 26.8 Å². The minimum Gasteiger partial charge on any atom is -0.306 e. The number of rotatable bonds is 7. The fourth-order valence-electron chi connectivity index (χ4n) is 2.66. The van der Waals surface area contributed by atoms with Crippen LogP contribution >= 0.6 is 11.3 Å². The standard InChI is InChI=1S/C22H23N5O2S/c1-5-20(28)26-19-12-23-17(10-24-19)16-8-6-7-15(9-16)14(4)21(29)27-22-25-11-18(30-22)13(2)3/h5-14H,1H2,2-4H3,(H,24,26,28)(H,25,27,29)/t14-/m0/s1. The number of carbonyl (C=O) groups is 2. The third kappa shape index (κ3) is 5.15. The number of hydrogen-bond acceptors (Lipinski definition) is 6. The van der Waals surface area contributed by atoms with Crippen LogP contribution in [0.2, 0.25) is 0 Å². The number of hydrogen-bond donors (Lipinski definition) is 2. The minimum absolute atomic E-state index is 0.120. The van der Waals surface area contributed by atoms with Crippen molar-refractivity contribution in [2.45, 2.75) is 32.6 Å². The highest BCUT2D eigenvalue weighted by atomic mass is 32.1. The molecular formula is C22H23N5O2S. The zero-order valence-electron chi connectivity index (χ0n) is 17.0. The van der Waals surface area contributed by atoms with E-state index >= 15 is 0 Å². The third-order valence-corrected chi connectivity index (χ3v) is 5.70. The fraction of sp³-hybridized carbons (Fsp3) is 0.227. The van der Waals surface area contributed by atoms with Gasteiger partial charge in [0.15, 0.2) is 10.9 Å². The third-order valence-electron chi connectivity index (χ3n) is 4.49. The van der Waals surface area contributed by atoms with Crippen LogP contribution in [0, 0.1) is 0 Å². The Kier molecular flexibility index (Phi) is 6.68. The van der Waals surface area contributed by atoms with E-state index < -0.39 is 0 Å². The van der Waals surface area contributed by atoms with E-state index in [2.05, 4.69) is 46.0 Å². The van der Waals surface area contributed by atoms with Gasteiger partial charge in [0.1, 0.15) is 0 Å². The number of amides is 2. The molecule has 30 heavy (non-hydrogen) atoms. The number of anilines is 2. The summed E-state index contributed by atoms with van der Waals surface area (Å²) in [7, 11) is 0. The van der Waals surface area contributed by atoms with Crippen LogP contribution in [0.15, 0.2) is 55.5 Å². The molecule has 0 aliphatic rings. The highest BCUT2D eigenvalue weighted by Crippen LogP contribution is 2.27. The predicted octanol–water partition coefficient (Wildman–Crippen LogP) is 4.59. The van der Waals surface area contributed by atoms with Gasteiger partial charge in [0.05, 0.1) is 24.0 Å². The first kappa shape index (κ1) is 21.3. The highest BCUT2D eigenvalue weighted by molar-refractivity contribution is 7.15. The summed E-state index contributed by atoms with van der Waals surface area (Å²) < 4.78 is 0. The second-order valence-electron chi connectivity index (χ2n) is 7.04. The molecular weight excluding hydrogens is 398 g/mol. The molecule has 7 nitrogen and oxygen atoms in total. The largest absolute Gasteiger partial charge is 0.306 e. The zero-order chi connectivity index (χ0) is 21.7. The molecule has 0 aliphatic heterocycles. The summed E-state index contributed by atoms with van der Waals surface area (Å²) in [4.78, 5) is 38.0. The van der Waals surface area contributed by atoms with Gasteiger partial charge in [0.25, 0.3) is 0 Å². The maximum absolute atomic E-state index is 12.7. The smallest absolute Gasteiger partial charge is 0.248 e. The summed E-state index contributed by atoms with van der Waals surface area (Å²) >= 11 is 1.49. The molecule has 0 aliphatic carbocycles. The summed E-state index contributed by atoms with van der Waals surface area (Å²) in [5, 5.41) is 6.06. The van der Waals surface area contributed by atoms with Crippen LogP contribution in [0.1, 0.15) is 43.0 Å². The first-order chi connectivity index (χ1) is 14.4. The highest BCUT2D eigenvalue weighted by Gasteiger charge is 2.18. The van der Waals surface area contributed by atoms with E-state index in [1.807, 2.05) is 31.2 Å². The molecule has 1 aromatic carbocycles. The Labute approximate surface area is 179 Å². The van der Waals surface area contributed by atoms with Gasteiger partial charge in [-0.1, -0.05) is 38.6 Å². The lowest BCUT2D eigenvalue weighted by molar-refractivity contribution is -0.117. The number of aromatic nitrogens is 3. The lowest BCUT2D eigenvalue weighted by Crippen LogP contribution is -2.18. The molecule has 8 heteroatoms. The first-order valence-corrected chi connectivity index (χ1v) is 10.3. The molecule has 0 radical (unpaired) electrons. The second kappa shape index (κ2) is 9.41. The quantitative estimate of drug-likeness (QED) is 0.544. The van der Waals surface area contributed by atoms with Crippen LogP contribution in [0.5, 0.6) is 0 Å². The first-order valence-electron chi connectivity index (χ1n) is 9.49. The maximum atomic E-state index is 12.7. The molecule has 2 amide bonds. The Hall–Kier alpha value is -3.39. The normalized spacial score (nSPS) is 11.7. The van der Waals surface area contributed by atoms with E-state index in [1.165, 1.54) is 23.6 Å². The van der Waals surface area contributed by atoms with E-state index in [0.717, 1.165) is 16.0 Å². The van der Waals surface area contributed by atoms with Gasteiger partial charge < -0.3 is 10.6 Å². The van der Waals surface area contributed by atoms with Gasteiger partial charge in [0, 0.05) is 16.6 Å². The van der Waals surface area contributed by atoms with Gasteiger partial charge in [0.2, 0.25) is 11.8 Å².